The van der Waals surface area contributed by atoms with Gasteiger partial charge in [-0.05, 0) is 29.2 Å². The average molecular weight is 500 g/mol. The van der Waals surface area contributed by atoms with Crippen LogP contribution in [0.3, 0.4) is 0 Å². The Morgan fingerprint density at radius 3 is 2.26 bits per heavy atom. The molecule has 2 aromatic carbocycles. The molecule has 3 aromatic rings. The fourth-order valence-corrected chi connectivity index (χ4v) is 3.47. The number of carbonyl (C=O) groups excluding carboxylic acids is 3. The Hall–Kier alpha value is -2.83. The molecule has 0 fully saturated rings. The largest absolute Gasteiger partial charge is 0.317 e. The van der Waals surface area contributed by atoms with Crippen LogP contribution >= 0.6 is 27.5 Å². The van der Waals surface area contributed by atoms with Crippen molar-refractivity contribution in [3.8, 4) is 0 Å². The predicted octanol–water partition coefficient (Wildman–Crippen LogP) is 5.85. The number of nitrogens with one attached hydrogen (secondary N) is 1. The quantitative estimate of drug-likeness (QED) is 0.353. The number of halogens is 2. The fraction of sp³-hybridized carbons (Fsp3) is 0.167. The highest BCUT2D eigenvalue weighted by Crippen LogP contribution is 2.24. The lowest BCUT2D eigenvalue weighted by Gasteiger charge is -2.18. The summed E-state index contributed by atoms with van der Waals surface area (Å²) >= 11 is 9.34. The van der Waals surface area contributed by atoms with E-state index in [-0.39, 0.29) is 27.4 Å². The first-order chi connectivity index (χ1) is 14.6. The SMILES string of the molecule is CC(C)(C)c1ccc(C(=O)C(=O)Nc2cc(Cl)cnc2C(=O)c2cccc(Br)c2)cc1. The maximum atomic E-state index is 12.9. The van der Waals surface area contributed by atoms with Gasteiger partial charge < -0.3 is 5.32 Å². The van der Waals surface area contributed by atoms with Gasteiger partial charge in [-0.15, -0.1) is 0 Å². The third-order valence-electron chi connectivity index (χ3n) is 4.62. The third-order valence-corrected chi connectivity index (χ3v) is 5.32. The normalized spacial score (nSPS) is 11.1. The first-order valence-electron chi connectivity index (χ1n) is 9.48. The minimum absolute atomic E-state index is 0.00766. The molecule has 0 atom stereocenters. The molecule has 5 nitrogen and oxygen atoms in total. The molecule has 0 aliphatic carbocycles. The highest BCUT2D eigenvalue weighted by atomic mass is 79.9. The lowest BCUT2D eigenvalue weighted by Crippen LogP contribution is -2.24. The number of aromatic nitrogens is 1. The smallest absolute Gasteiger partial charge is 0.296 e. The van der Waals surface area contributed by atoms with Crippen LogP contribution in [0.5, 0.6) is 0 Å². The van der Waals surface area contributed by atoms with E-state index in [0.29, 0.717) is 5.56 Å². The number of rotatable bonds is 5. The summed E-state index contributed by atoms with van der Waals surface area (Å²) in [5, 5.41) is 2.72. The van der Waals surface area contributed by atoms with E-state index in [4.69, 9.17) is 11.6 Å². The van der Waals surface area contributed by atoms with Crippen LogP contribution in [0, 0.1) is 0 Å². The molecule has 0 unspecified atom stereocenters. The van der Waals surface area contributed by atoms with E-state index >= 15 is 0 Å². The van der Waals surface area contributed by atoms with E-state index in [1.807, 2.05) is 12.1 Å². The van der Waals surface area contributed by atoms with E-state index in [1.54, 1.807) is 36.4 Å². The minimum atomic E-state index is -0.879. The predicted molar refractivity (Wildman–Crippen MR) is 125 cm³/mol. The van der Waals surface area contributed by atoms with E-state index < -0.39 is 17.5 Å². The molecular formula is C24H20BrClN2O3. The van der Waals surface area contributed by atoms with Gasteiger partial charge in [0.15, 0.2) is 0 Å². The molecule has 0 radical (unpaired) electrons. The van der Waals surface area contributed by atoms with Crippen LogP contribution in [0.25, 0.3) is 0 Å². The number of nitrogens with zero attached hydrogens (tertiary/aromatic N) is 1. The molecule has 0 bridgehead atoms. The summed E-state index contributed by atoms with van der Waals surface area (Å²) in [7, 11) is 0. The van der Waals surface area contributed by atoms with Crippen LogP contribution < -0.4 is 5.32 Å². The van der Waals surface area contributed by atoms with E-state index in [9.17, 15) is 14.4 Å². The molecule has 1 aromatic heterocycles. The van der Waals surface area contributed by atoms with Gasteiger partial charge in [-0.3, -0.25) is 14.4 Å². The van der Waals surface area contributed by atoms with Gasteiger partial charge in [-0.2, -0.15) is 0 Å². The number of hydrogen-bond acceptors (Lipinski definition) is 4. The van der Waals surface area contributed by atoms with Crippen molar-refractivity contribution in [3.63, 3.8) is 0 Å². The molecule has 0 saturated carbocycles. The van der Waals surface area contributed by atoms with Crippen molar-refractivity contribution in [2.45, 2.75) is 26.2 Å². The Labute approximate surface area is 194 Å². The third kappa shape index (κ3) is 5.46. The van der Waals surface area contributed by atoms with Crippen LogP contribution in [0.15, 0.2) is 65.3 Å². The van der Waals surface area contributed by atoms with Gasteiger partial charge in [0, 0.05) is 21.8 Å². The van der Waals surface area contributed by atoms with Crippen molar-refractivity contribution in [2.24, 2.45) is 0 Å². The monoisotopic (exact) mass is 498 g/mol. The van der Waals surface area contributed by atoms with Gasteiger partial charge in [0.1, 0.15) is 5.69 Å². The molecule has 7 heteroatoms. The van der Waals surface area contributed by atoms with Crippen LogP contribution in [-0.4, -0.2) is 22.5 Å². The summed E-state index contributed by atoms with van der Waals surface area (Å²) in [4.78, 5) is 42.3. The molecule has 3 rings (SSSR count). The standard InChI is InChI=1S/C24H20BrClN2O3/c1-24(2,3)16-9-7-14(8-10-16)22(30)23(31)28-19-12-18(26)13-27-20(19)21(29)15-5-4-6-17(25)11-15/h4-13H,1-3H3,(H,28,31). The molecule has 0 aliphatic rings. The highest BCUT2D eigenvalue weighted by Gasteiger charge is 2.22. The lowest BCUT2D eigenvalue weighted by molar-refractivity contribution is -0.112. The van der Waals surface area contributed by atoms with Gasteiger partial charge in [-0.1, -0.05) is 84.7 Å². The second-order valence-corrected chi connectivity index (χ2v) is 9.35. The maximum Gasteiger partial charge on any atom is 0.296 e. The van der Waals surface area contributed by atoms with Crippen LogP contribution in [-0.2, 0) is 10.2 Å². The van der Waals surface area contributed by atoms with E-state index in [2.05, 4.69) is 47.0 Å². The molecule has 31 heavy (non-hydrogen) atoms. The van der Waals surface area contributed by atoms with E-state index in [0.717, 1.165) is 10.0 Å². The Bertz CT molecular complexity index is 1170. The van der Waals surface area contributed by atoms with Gasteiger partial charge >= 0.3 is 0 Å². The van der Waals surface area contributed by atoms with Crippen LogP contribution in [0.4, 0.5) is 5.69 Å². The number of benzene rings is 2. The Kier molecular flexibility index (Phi) is 6.72. The molecular weight excluding hydrogens is 480 g/mol. The molecule has 0 spiro atoms. The fourth-order valence-electron chi connectivity index (χ4n) is 2.91. The number of Topliss-reactive ketones (excluding diaryl/α,β-unsaturated/α-hetero) is 1. The van der Waals surface area contributed by atoms with Crippen molar-refractivity contribution in [3.05, 3.63) is 92.7 Å². The Morgan fingerprint density at radius 2 is 1.65 bits per heavy atom. The molecule has 0 saturated heterocycles. The molecule has 1 amide bonds. The maximum absolute atomic E-state index is 12.9. The van der Waals surface area contributed by atoms with Crippen LogP contribution in [0.1, 0.15) is 52.7 Å². The Balaban J connectivity index is 1.86. The minimum Gasteiger partial charge on any atom is -0.317 e. The second-order valence-electron chi connectivity index (χ2n) is 8.00. The summed E-state index contributed by atoms with van der Waals surface area (Å²) in [6, 6.07) is 15.1. The summed E-state index contributed by atoms with van der Waals surface area (Å²) in [5.41, 5.74) is 1.67. The second kappa shape index (κ2) is 9.12. The first kappa shape index (κ1) is 22.8. The zero-order valence-electron chi connectivity index (χ0n) is 17.2. The van der Waals surface area contributed by atoms with E-state index in [1.165, 1.54) is 12.3 Å². The summed E-state index contributed by atoms with van der Waals surface area (Å²) in [6.45, 7) is 6.19. The average Bonchev–Trinajstić information content (AvgIpc) is 2.72. The van der Waals surface area contributed by atoms with Gasteiger partial charge in [0.25, 0.3) is 11.7 Å². The van der Waals surface area contributed by atoms with Gasteiger partial charge in [0.2, 0.25) is 5.78 Å². The van der Waals surface area contributed by atoms with Crippen LogP contribution in [0.2, 0.25) is 5.02 Å². The molecule has 1 heterocycles. The molecule has 0 aliphatic heterocycles. The summed E-state index contributed by atoms with van der Waals surface area (Å²) < 4.78 is 0.729. The van der Waals surface area contributed by atoms with Gasteiger partial charge in [0.05, 0.1) is 10.7 Å². The zero-order valence-corrected chi connectivity index (χ0v) is 19.5. The number of hydrogen-bond donors (Lipinski definition) is 1. The summed E-state index contributed by atoms with van der Waals surface area (Å²) in [5.74, 6) is -2.01. The van der Waals surface area contributed by atoms with Crippen molar-refractivity contribution in [1.29, 1.82) is 0 Å². The zero-order chi connectivity index (χ0) is 22.8. The first-order valence-corrected chi connectivity index (χ1v) is 10.7. The number of carbonyl (C=O) groups is 3. The Morgan fingerprint density at radius 1 is 0.968 bits per heavy atom. The lowest BCUT2D eigenvalue weighted by atomic mass is 9.86. The van der Waals surface area contributed by atoms with Crippen molar-refractivity contribution in [1.82, 2.24) is 4.98 Å². The molecule has 1 N–H and O–H groups in total. The summed E-state index contributed by atoms with van der Waals surface area (Å²) in [6.07, 6.45) is 1.31. The number of amides is 1. The van der Waals surface area contributed by atoms with Crippen molar-refractivity contribution < 1.29 is 14.4 Å². The number of anilines is 1. The number of ketones is 2. The molecule has 158 valence electrons. The van der Waals surface area contributed by atoms with Crippen molar-refractivity contribution in [2.75, 3.05) is 5.32 Å². The van der Waals surface area contributed by atoms with Crippen molar-refractivity contribution >= 4 is 50.7 Å². The number of pyridine rings is 1. The topological polar surface area (TPSA) is 76.1 Å². The highest BCUT2D eigenvalue weighted by molar-refractivity contribution is 9.10. The van der Waals surface area contributed by atoms with Gasteiger partial charge in [-0.25, -0.2) is 4.98 Å².